The van der Waals surface area contributed by atoms with Crippen LogP contribution < -0.4 is 4.74 Å². The Hall–Kier alpha value is -1.99. The molecular weight excluding hydrogens is 263 g/mol. The Bertz CT molecular complexity index is 467. The monoisotopic (exact) mass is 268 g/mol. The molecule has 0 atom stereocenters. The Balaban J connectivity index is 3.52. The first-order chi connectivity index (χ1) is 8.31. The molecule has 0 aliphatic heterocycles. The van der Waals surface area contributed by atoms with Crippen molar-refractivity contribution in [3.63, 3.8) is 0 Å². The SMILES string of the molecule is O=Cc1ccc(OC(F)F)c(C=O)c1C(F)(F)F. The van der Waals surface area contributed by atoms with Gasteiger partial charge in [0, 0.05) is 5.56 Å². The number of rotatable bonds is 4. The third-order valence-corrected chi connectivity index (χ3v) is 1.98. The maximum Gasteiger partial charge on any atom is 0.417 e. The van der Waals surface area contributed by atoms with Crippen LogP contribution in [0.15, 0.2) is 12.1 Å². The van der Waals surface area contributed by atoms with Crippen LogP contribution in [0.1, 0.15) is 26.3 Å². The minimum Gasteiger partial charge on any atom is -0.434 e. The standard InChI is InChI=1S/C10H5F5O3/c11-9(12)18-7-2-1-5(3-16)8(6(7)4-17)10(13,14)15/h1-4,9H. The lowest BCUT2D eigenvalue weighted by Crippen LogP contribution is -2.15. The van der Waals surface area contributed by atoms with Gasteiger partial charge in [0.2, 0.25) is 0 Å². The minimum absolute atomic E-state index is 0.123. The normalized spacial score (nSPS) is 11.4. The summed E-state index contributed by atoms with van der Waals surface area (Å²) in [6.45, 7) is -3.38. The molecule has 0 saturated carbocycles. The molecule has 0 bridgehead atoms. The zero-order valence-corrected chi connectivity index (χ0v) is 8.50. The molecule has 1 aromatic rings. The van der Waals surface area contributed by atoms with Crippen LogP contribution in [-0.4, -0.2) is 19.2 Å². The van der Waals surface area contributed by atoms with Gasteiger partial charge < -0.3 is 4.74 Å². The summed E-state index contributed by atoms with van der Waals surface area (Å²) in [7, 11) is 0. The van der Waals surface area contributed by atoms with Gasteiger partial charge in [-0.1, -0.05) is 0 Å². The fourth-order valence-corrected chi connectivity index (χ4v) is 1.35. The van der Waals surface area contributed by atoms with Gasteiger partial charge in [-0.15, -0.1) is 0 Å². The number of alkyl halides is 5. The average Bonchev–Trinajstić information content (AvgIpc) is 2.26. The second-order valence-corrected chi connectivity index (χ2v) is 3.05. The number of aldehydes is 2. The lowest BCUT2D eigenvalue weighted by atomic mass is 10.0. The molecule has 0 amide bonds. The van der Waals surface area contributed by atoms with E-state index >= 15 is 0 Å². The number of halogens is 5. The molecule has 0 saturated heterocycles. The van der Waals surface area contributed by atoms with Crippen LogP contribution in [0.25, 0.3) is 0 Å². The molecule has 0 aromatic heterocycles. The summed E-state index contributed by atoms with van der Waals surface area (Å²) in [5.74, 6) is -0.932. The van der Waals surface area contributed by atoms with E-state index in [1.54, 1.807) is 0 Å². The van der Waals surface area contributed by atoms with Gasteiger partial charge in [0.1, 0.15) is 5.75 Å². The van der Waals surface area contributed by atoms with Gasteiger partial charge >= 0.3 is 12.8 Å². The van der Waals surface area contributed by atoms with Gasteiger partial charge in [-0.05, 0) is 12.1 Å². The highest BCUT2D eigenvalue weighted by atomic mass is 19.4. The molecule has 1 rings (SSSR count). The first-order valence-corrected chi connectivity index (χ1v) is 4.40. The van der Waals surface area contributed by atoms with Crippen LogP contribution in [0, 0.1) is 0 Å². The van der Waals surface area contributed by atoms with Gasteiger partial charge in [0.15, 0.2) is 12.6 Å². The third-order valence-electron chi connectivity index (χ3n) is 1.98. The predicted octanol–water partition coefficient (Wildman–Crippen LogP) is 2.93. The van der Waals surface area contributed by atoms with Gasteiger partial charge in [-0.2, -0.15) is 22.0 Å². The first-order valence-electron chi connectivity index (χ1n) is 4.40. The van der Waals surface area contributed by atoms with Crippen LogP contribution in [0.5, 0.6) is 5.75 Å². The van der Waals surface area contributed by atoms with Crippen molar-refractivity contribution in [1.29, 1.82) is 0 Å². The first kappa shape index (κ1) is 14.1. The van der Waals surface area contributed by atoms with Crippen molar-refractivity contribution in [2.45, 2.75) is 12.8 Å². The maximum atomic E-state index is 12.6. The Morgan fingerprint density at radius 3 is 2.11 bits per heavy atom. The highest BCUT2D eigenvalue weighted by Gasteiger charge is 2.37. The number of hydrogen-bond donors (Lipinski definition) is 0. The van der Waals surface area contributed by atoms with E-state index < -0.39 is 35.2 Å². The molecule has 0 spiro atoms. The smallest absolute Gasteiger partial charge is 0.417 e. The molecule has 0 N–H and O–H groups in total. The van der Waals surface area contributed by atoms with Crippen molar-refractivity contribution in [2.24, 2.45) is 0 Å². The zero-order chi connectivity index (χ0) is 13.9. The lowest BCUT2D eigenvalue weighted by Gasteiger charge is -2.15. The van der Waals surface area contributed by atoms with E-state index in [2.05, 4.69) is 4.74 Å². The highest BCUT2D eigenvalue weighted by molar-refractivity contribution is 5.89. The molecule has 0 aliphatic carbocycles. The lowest BCUT2D eigenvalue weighted by molar-refractivity contribution is -0.138. The van der Waals surface area contributed by atoms with Crippen LogP contribution in [-0.2, 0) is 6.18 Å². The molecule has 0 aliphatic rings. The Kier molecular flexibility index (Phi) is 4.00. The van der Waals surface area contributed by atoms with Crippen molar-refractivity contribution in [1.82, 2.24) is 0 Å². The number of carbonyl (C=O) groups excluding carboxylic acids is 2. The molecule has 0 fully saturated rings. The molecule has 98 valence electrons. The fraction of sp³-hybridized carbons (Fsp3) is 0.200. The molecule has 0 unspecified atom stereocenters. The molecule has 3 nitrogen and oxygen atoms in total. The number of hydrogen-bond acceptors (Lipinski definition) is 3. The third kappa shape index (κ3) is 2.82. The zero-order valence-electron chi connectivity index (χ0n) is 8.50. The van der Waals surface area contributed by atoms with Gasteiger partial charge in [-0.25, -0.2) is 0 Å². The summed E-state index contributed by atoms with van der Waals surface area (Å²) >= 11 is 0. The predicted molar refractivity (Wildman–Crippen MR) is 48.9 cm³/mol. The highest BCUT2D eigenvalue weighted by Crippen LogP contribution is 2.37. The second kappa shape index (κ2) is 5.11. The molecule has 18 heavy (non-hydrogen) atoms. The maximum absolute atomic E-state index is 12.6. The molecule has 1 aromatic carbocycles. The topological polar surface area (TPSA) is 43.4 Å². The summed E-state index contributed by atoms with van der Waals surface area (Å²) in [6.07, 6.45) is -5.44. The van der Waals surface area contributed by atoms with E-state index in [1.165, 1.54) is 0 Å². The largest absolute Gasteiger partial charge is 0.434 e. The van der Waals surface area contributed by atoms with E-state index in [0.29, 0.717) is 12.1 Å². The second-order valence-electron chi connectivity index (χ2n) is 3.05. The quantitative estimate of drug-likeness (QED) is 0.623. The average molecular weight is 268 g/mol. The van der Waals surface area contributed by atoms with Crippen molar-refractivity contribution in [3.8, 4) is 5.75 Å². The Labute approximate surface area is 97.2 Å². The van der Waals surface area contributed by atoms with E-state index in [-0.39, 0.29) is 12.6 Å². The summed E-state index contributed by atoms with van der Waals surface area (Å²) in [5.41, 5.74) is -3.55. The molecule has 0 heterocycles. The number of carbonyl (C=O) groups is 2. The minimum atomic E-state index is -5.03. The van der Waals surface area contributed by atoms with Gasteiger partial charge in [0.05, 0.1) is 11.1 Å². The van der Waals surface area contributed by atoms with E-state index in [0.717, 1.165) is 0 Å². The van der Waals surface area contributed by atoms with Crippen LogP contribution in [0.2, 0.25) is 0 Å². The fourth-order valence-electron chi connectivity index (χ4n) is 1.35. The summed E-state index contributed by atoms with van der Waals surface area (Å²) in [6, 6.07) is 1.36. The summed E-state index contributed by atoms with van der Waals surface area (Å²) < 4.78 is 65.6. The van der Waals surface area contributed by atoms with E-state index in [9.17, 15) is 31.5 Å². The van der Waals surface area contributed by atoms with Crippen molar-refractivity contribution in [3.05, 3.63) is 28.8 Å². The van der Waals surface area contributed by atoms with Crippen molar-refractivity contribution in [2.75, 3.05) is 0 Å². The number of ether oxygens (including phenoxy) is 1. The van der Waals surface area contributed by atoms with E-state index in [4.69, 9.17) is 0 Å². The van der Waals surface area contributed by atoms with E-state index in [1.807, 2.05) is 0 Å². The summed E-state index contributed by atoms with van der Waals surface area (Å²) in [5, 5.41) is 0. The Morgan fingerprint density at radius 2 is 1.72 bits per heavy atom. The molecular formula is C10H5F5O3. The van der Waals surface area contributed by atoms with Crippen LogP contribution in [0.3, 0.4) is 0 Å². The molecule has 8 heteroatoms. The van der Waals surface area contributed by atoms with Crippen LogP contribution >= 0.6 is 0 Å². The number of benzene rings is 1. The van der Waals surface area contributed by atoms with Gasteiger partial charge in [0.25, 0.3) is 0 Å². The van der Waals surface area contributed by atoms with Crippen molar-refractivity contribution >= 4 is 12.6 Å². The van der Waals surface area contributed by atoms with Crippen molar-refractivity contribution < 1.29 is 36.3 Å². The molecule has 0 radical (unpaired) electrons. The summed E-state index contributed by atoms with van der Waals surface area (Å²) in [4.78, 5) is 21.1. The Morgan fingerprint density at radius 1 is 1.11 bits per heavy atom. The van der Waals surface area contributed by atoms with Gasteiger partial charge in [-0.3, -0.25) is 9.59 Å². The van der Waals surface area contributed by atoms with Crippen LogP contribution in [0.4, 0.5) is 22.0 Å².